The highest BCUT2D eigenvalue weighted by atomic mass is 16.3. The van der Waals surface area contributed by atoms with Crippen LogP contribution in [0.3, 0.4) is 0 Å². The van der Waals surface area contributed by atoms with Gasteiger partial charge in [0, 0.05) is 17.9 Å². The molecule has 1 amide bonds. The standard InChI is InChI=1S/C22H26N4O2/c27-22-16(21(24-25-22)20-9-6-12-28-20)13-19-17(14-26-10-4-1-5-11-26)15-7-2-3-8-18(15)23-19/h6,9,12-13,23H,1-5,7-8,10-11,14H2,(H,25,27). The maximum absolute atomic E-state index is 12.5. The zero-order valence-corrected chi connectivity index (χ0v) is 16.1. The topological polar surface area (TPSA) is 73.6 Å². The van der Waals surface area contributed by atoms with Gasteiger partial charge in [0.15, 0.2) is 5.76 Å². The van der Waals surface area contributed by atoms with Crippen molar-refractivity contribution in [2.75, 3.05) is 13.1 Å². The third kappa shape index (κ3) is 3.22. The van der Waals surface area contributed by atoms with Gasteiger partial charge in [-0.05, 0) is 81.0 Å². The Balaban J connectivity index is 1.53. The van der Waals surface area contributed by atoms with E-state index in [2.05, 4.69) is 20.4 Å². The van der Waals surface area contributed by atoms with E-state index >= 15 is 0 Å². The Kier molecular flexibility index (Phi) is 4.64. The molecule has 2 N–H and O–H groups in total. The van der Waals surface area contributed by atoms with E-state index in [-0.39, 0.29) is 5.91 Å². The van der Waals surface area contributed by atoms with Crippen molar-refractivity contribution in [1.82, 2.24) is 15.3 Å². The number of nitrogens with one attached hydrogen (secondary N) is 2. The monoisotopic (exact) mass is 378 g/mol. The molecular weight excluding hydrogens is 352 g/mol. The molecular formula is C22H26N4O2. The number of hydrogen-bond donors (Lipinski definition) is 2. The Hall–Kier alpha value is -2.60. The van der Waals surface area contributed by atoms with Crippen molar-refractivity contribution in [2.45, 2.75) is 51.5 Å². The molecule has 0 atom stereocenters. The number of piperidine rings is 1. The predicted octanol–water partition coefficient (Wildman–Crippen LogP) is 3.39. The molecule has 5 rings (SSSR count). The highest BCUT2D eigenvalue weighted by molar-refractivity contribution is 6.32. The van der Waals surface area contributed by atoms with Gasteiger partial charge in [-0.15, -0.1) is 0 Å². The summed E-state index contributed by atoms with van der Waals surface area (Å²) in [6, 6.07) is 3.65. The number of carbonyl (C=O) groups excluding carboxylic acids is 1. The number of carbonyl (C=O) groups is 1. The third-order valence-electron chi connectivity index (χ3n) is 6.09. The fourth-order valence-electron chi connectivity index (χ4n) is 4.64. The second kappa shape index (κ2) is 7.43. The number of aryl methyl sites for hydroxylation is 1. The average molecular weight is 378 g/mol. The number of likely N-dealkylation sites (tertiary alicyclic amines) is 1. The minimum absolute atomic E-state index is 0.178. The van der Waals surface area contributed by atoms with Crippen LogP contribution in [0.1, 0.15) is 60.4 Å². The van der Waals surface area contributed by atoms with E-state index in [4.69, 9.17) is 4.42 Å². The lowest BCUT2D eigenvalue weighted by molar-refractivity contribution is -0.116. The van der Waals surface area contributed by atoms with Crippen LogP contribution in [-0.2, 0) is 24.2 Å². The first kappa shape index (κ1) is 17.5. The number of fused-ring (bicyclic) bond motifs is 1. The summed E-state index contributed by atoms with van der Waals surface area (Å²) in [4.78, 5) is 18.7. The molecule has 2 aliphatic heterocycles. The first-order chi connectivity index (χ1) is 13.8. The second-order valence-corrected chi connectivity index (χ2v) is 7.95. The molecule has 1 fully saturated rings. The van der Waals surface area contributed by atoms with Crippen molar-refractivity contribution < 1.29 is 9.21 Å². The molecule has 0 aromatic carbocycles. The Morgan fingerprint density at radius 1 is 1.14 bits per heavy atom. The quantitative estimate of drug-likeness (QED) is 0.801. The number of aromatic amines is 1. The minimum atomic E-state index is -0.178. The summed E-state index contributed by atoms with van der Waals surface area (Å²) in [6.45, 7) is 3.28. The van der Waals surface area contributed by atoms with Gasteiger partial charge in [-0.2, -0.15) is 5.10 Å². The van der Waals surface area contributed by atoms with Crippen LogP contribution in [-0.4, -0.2) is 34.6 Å². The van der Waals surface area contributed by atoms with Gasteiger partial charge in [-0.25, -0.2) is 5.43 Å². The highest BCUT2D eigenvalue weighted by Gasteiger charge is 2.28. The van der Waals surface area contributed by atoms with Gasteiger partial charge in [-0.1, -0.05) is 6.42 Å². The van der Waals surface area contributed by atoms with Crippen molar-refractivity contribution >= 4 is 17.7 Å². The summed E-state index contributed by atoms with van der Waals surface area (Å²) in [5.74, 6) is 0.432. The first-order valence-electron chi connectivity index (χ1n) is 10.4. The van der Waals surface area contributed by atoms with Crippen LogP contribution in [0.5, 0.6) is 0 Å². The van der Waals surface area contributed by atoms with Crippen molar-refractivity contribution in [1.29, 1.82) is 0 Å². The van der Waals surface area contributed by atoms with Gasteiger partial charge in [0.25, 0.3) is 5.91 Å². The number of aromatic nitrogens is 1. The van der Waals surface area contributed by atoms with Crippen LogP contribution in [0.4, 0.5) is 0 Å². The molecule has 146 valence electrons. The molecule has 0 unspecified atom stereocenters. The molecule has 2 aromatic heterocycles. The maximum atomic E-state index is 12.5. The number of H-pyrrole nitrogens is 1. The molecule has 28 heavy (non-hydrogen) atoms. The van der Waals surface area contributed by atoms with Crippen molar-refractivity contribution in [3.8, 4) is 0 Å². The number of hydrazone groups is 1. The smallest absolute Gasteiger partial charge is 0.273 e. The van der Waals surface area contributed by atoms with Crippen molar-refractivity contribution in [3.63, 3.8) is 0 Å². The summed E-state index contributed by atoms with van der Waals surface area (Å²) in [5, 5.41) is 4.19. The third-order valence-corrected chi connectivity index (χ3v) is 6.09. The molecule has 0 radical (unpaired) electrons. The molecule has 6 heteroatoms. The van der Waals surface area contributed by atoms with E-state index in [0.29, 0.717) is 17.0 Å². The number of amides is 1. The fraction of sp³-hybridized carbons (Fsp3) is 0.455. The summed E-state index contributed by atoms with van der Waals surface area (Å²) < 4.78 is 5.48. The van der Waals surface area contributed by atoms with Gasteiger partial charge >= 0.3 is 0 Å². The molecule has 0 saturated carbocycles. The summed E-state index contributed by atoms with van der Waals surface area (Å²) in [7, 11) is 0. The number of nitrogens with zero attached hydrogens (tertiary/aromatic N) is 2. The van der Waals surface area contributed by atoms with Crippen LogP contribution in [0.2, 0.25) is 0 Å². The van der Waals surface area contributed by atoms with Crippen LogP contribution in [0.25, 0.3) is 6.08 Å². The van der Waals surface area contributed by atoms with E-state index in [1.165, 1.54) is 48.9 Å². The van der Waals surface area contributed by atoms with Crippen LogP contribution in [0, 0.1) is 0 Å². The summed E-state index contributed by atoms with van der Waals surface area (Å²) in [5.41, 5.74) is 8.97. The number of hydrogen-bond acceptors (Lipinski definition) is 4. The van der Waals surface area contributed by atoms with Gasteiger partial charge in [0.2, 0.25) is 0 Å². The Morgan fingerprint density at radius 3 is 2.82 bits per heavy atom. The van der Waals surface area contributed by atoms with Crippen LogP contribution in [0.15, 0.2) is 33.5 Å². The van der Waals surface area contributed by atoms with E-state index in [1.807, 2.05) is 18.2 Å². The Bertz CT molecular complexity index is 930. The maximum Gasteiger partial charge on any atom is 0.273 e. The lowest BCUT2D eigenvalue weighted by atomic mass is 9.93. The molecule has 3 aliphatic rings. The molecule has 0 bridgehead atoms. The summed E-state index contributed by atoms with van der Waals surface area (Å²) in [6.07, 6.45) is 12.2. The minimum Gasteiger partial charge on any atom is -0.463 e. The average Bonchev–Trinajstić information content (AvgIpc) is 3.44. The molecule has 6 nitrogen and oxygen atoms in total. The second-order valence-electron chi connectivity index (χ2n) is 7.95. The normalized spacial score (nSPS) is 21.6. The fourth-order valence-corrected chi connectivity index (χ4v) is 4.64. The molecule has 4 heterocycles. The first-order valence-corrected chi connectivity index (χ1v) is 10.4. The number of rotatable bonds is 4. The summed E-state index contributed by atoms with van der Waals surface area (Å²) >= 11 is 0. The van der Waals surface area contributed by atoms with Crippen LogP contribution < -0.4 is 5.43 Å². The molecule has 2 aromatic rings. The lowest BCUT2D eigenvalue weighted by Crippen LogP contribution is -2.29. The zero-order chi connectivity index (χ0) is 18.9. The van der Waals surface area contributed by atoms with E-state index in [0.717, 1.165) is 38.2 Å². The lowest BCUT2D eigenvalue weighted by Gasteiger charge is -2.27. The van der Waals surface area contributed by atoms with E-state index in [9.17, 15) is 4.79 Å². The predicted molar refractivity (Wildman–Crippen MR) is 108 cm³/mol. The SMILES string of the molecule is O=C1NN=C(c2ccco2)C1=Cc1[nH]c2c(c1CN1CCCCC1)CCCC2. The Labute approximate surface area is 164 Å². The van der Waals surface area contributed by atoms with E-state index in [1.54, 1.807) is 6.26 Å². The van der Waals surface area contributed by atoms with Gasteiger partial charge in [-0.3, -0.25) is 9.69 Å². The van der Waals surface area contributed by atoms with Crippen LogP contribution >= 0.6 is 0 Å². The highest BCUT2D eigenvalue weighted by Crippen LogP contribution is 2.31. The Morgan fingerprint density at radius 2 is 2.00 bits per heavy atom. The number of furan rings is 1. The van der Waals surface area contributed by atoms with Crippen molar-refractivity contribution in [3.05, 3.63) is 52.2 Å². The zero-order valence-electron chi connectivity index (χ0n) is 16.1. The molecule has 1 aliphatic carbocycles. The van der Waals surface area contributed by atoms with Crippen molar-refractivity contribution in [2.24, 2.45) is 5.10 Å². The van der Waals surface area contributed by atoms with Gasteiger partial charge in [0.05, 0.1) is 11.8 Å². The molecule has 1 saturated heterocycles. The largest absolute Gasteiger partial charge is 0.463 e. The van der Waals surface area contributed by atoms with Gasteiger partial charge < -0.3 is 9.40 Å². The molecule has 0 spiro atoms. The van der Waals surface area contributed by atoms with E-state index < -0.39 is 0 Å². The van der Waals surface area contributed by atoms with Gasteiger partial charge in [0.1, 0.15) is 5.71 Å².